The maximum atomic E-state index is 12.3. The highest BCUT2D eigenvalue weighted by molar-refractivity contribution is 8.14. The van der Waals surface area contributed by atoms with Gasteiger partial charge in [0.1, 0.15) is 0 Å². The molecule has 2 nitrogen and oxygen atoms in total. The maximum absolute atomic E-state index is 12.3. The highest BCUT2D eigenvalue weighted by atomic mass is 32.2. The van der Waals surface area contributed by atoms with Crippen LogP contribution < -0.4 is 5.32 Å². The number of rotatable bonds is 0. The van der Waals surface area contributed by atoms with E-state index in [1.54, 1.807) is 0 Å². The van der Waals surface area contributed by atoms with Gasteiger partial charge in [0.2, 0.25) is 5.12 Å². The molecule has 1 aliphatic rings. The van der Waals surface area contributed by atoms with Gasteiger partial charge in [-0.15, -0.1) is 0 Å². The van der Waals surface area contributed by atoms with Crippen molar-refractivity contribution in [2.45, 2.75) is 11.1 Å². The van der Waals surface area contributed by atoms with Gasteiger partial charge in [-0.25, -0.2) is 0 Å². The first kappa shape index (κ1) is 10.4. The third-order valence-corrected chi connectivity index (χ3v) is 2.90. The van der Waals surface area contributed by atoms with Crippen LogP contribution >= 0.6 is 11.8 Å². The number of hydrogen-bond acceptors (Lipinski definition) is 3. The molecule has 0 aromatic heterocycles. The van der Waals surface area contributed by atoms with Crippen LogP contribution in [0.25, 0.3) is 0 Å². The van der Waals surface area contributed by atoms with E-state index in [0.29, 0.717) is 10.6 Å². The largest absolute Gasteiger partial charge is 0.416 e. The number of anilines is 1. The van der Waals surface area contributed by atoms with E-state index in [9.17, 15) is 18.0 Å². The summed E-state index contributed by atoms with van der Waals surface area (Å²) < 4.78 is 37.0. The average Bonchev–Trinajstić information content (AvgIpc) is 2.15. The van der Waals surface area contributed by atoms with E-state index in [-0.39, 0.29) is 11.7 Å². The minimum absolute atomic E-state index is 0.0684. The van der Waals surface area contributed by atoms with Crippen molar-refractivity contribution < 1.29 is 18.0 Å². The lowest BCUT2D eigenvalue weighted by atomic mass is 10.2. The number of carbonyl (C=O) groups excluding carboxylic acids is 1. The summed E-state index contributed by atoms with van der Waals surface area (Å²) in [5, 5.41) is 2.56. The molecule has 0 aliphatic carbocycles. The predicted octanol–water partition coefficient (Wildman–Crippen LogP) is 2.75. The summed E-state index contributed by atoms with van der Waals surface area (Å²) in [6.45, 7) is 0.0684. The van der Waals surface area contributed by atoms with Gasteiger partial charge >= 0.3 is 6.18 Å². The molecular weight excluding hydrogens is 227 g/mol. The standard InChI is InChI=1S/C9H6F3NOS/c10-9(11,12)5-1-2-7-6(3-5)13-4-8(14)15-7/h1-3,13H,4H2. The Morgan fingerprint density at radius 3 is 2.73 bits per heavy atom. The molecule has 0 saturated carbocycles. The molecule has 1 aromatic carbocycles. The van der Waals surface area contributed by atoms with Gasteiger partial charge in [-0.05, 0) is 30.0 Å². The molecule has 0 bridgehead atoms. The number of benzene rings is 1. The van der Waals surface area contributed by atoms with Gasteiger partial charge in [0.15, 0.2) is 0 Å². The monoisotopic (exact) mass is 233 g/mol. The Kier molecular flexibility index (Phi) is 2.38. The lowest BCUT2D eigenvalue weighted by molar-refractivity contribution is -0.137. The molecule has 1 aliphatic heterocycles. The van der Waals surface area contributed by atoms with E-state index >= 15 is 0 Å². The second-order valence-corrected chi connectivity index (χ2v) is 4.14. The summed E-state index contributed by atoms with van der Waals surface area (Å²) in [7, 11) is 0. The zero-order chi connectivity index (χ0) is 11.1. The molecule has 0 spiro atoms. The summed E-state index contributed by atoms with van der Waals surface area (Å²) in [6, 6.07) is 3.31. The fraction of sp³-hybridized carbons (Fsp3) is 0.222. The zero-order valence-corrected chi connectivity index (χ0v) is 8.21. The molecule has 2 rings (SSSR count). The molecule has 0 fully saturated rings. The lowest BCUT2D eigenvalue weighted by Crippen LogP contribution is -2.16. The Bertz CT molecular complexity index is 416. The van der Waals surface area contributed by atoms with Gasteiger partial charge in [-0.1, -0.05) is 0 Å². The van der Waals surface area contributed by atoms with Gasteiger partial charge < -0.3 is 5.32 Å². The number of thioether (sulfide) groups is 1. The highest BCUT2D eigenvalue weighted by Gasteiger charge is 2.31. The first-order valence-electron chi connectivity index (χ1n) is 4.12. The Labute approximate surface area is 87.9 Å². The van der Waals surface area contributed by atoms with Crippen LogP contribution in [0, 0.1) is 0 Å². The van der Waals surface area contributed by atoms with Crippen molar-refractivity contribution in [3.63, 3.8) is 0 Å². The van der Waals surface area contributed by atoms with Crippen molar-refractivity contribution in [2.75, 3.05) is 11.9 Å². The molecule has 6 heteroatoms. The lowest BCUT2D eigenvalue weighted by Gasteiger charge is -2.17. The maximum Gasteiger partial charge on any atom is 0.416 e. The van der Waals surface area contributed by atoms with Crippen LogP contribution in [-0.4, -0.2) is 11.7 Å². The Morgan fingerprint density at radius 2 is 2.07 bits per heavy atom. The summed E-state index contributed by atoms with van der Waals surface area (Å²) in [6.07, 6.45) is -4.34. The molecule has 15 heavy (non-hydrogen) atoms. The van der Waals surface area contributed by atoms with E-state index in [2.05, 4.69) is 5.32 Å². The van der Waals surface area contributed by atoms with Crippen LogP contribution in [0.5, 0.6) is 0 Å². The molecule has 0 amide bonds. The van der Waals surface area contributed by atoms with E-state index in [0.717, 1.165) is 23.9 Å². The summed E-state index contributed by atoms with van der Waals surface area (Å²) in [5.41, 5.74) is -0.335. The predicted molar refractivity (Wildman–Crippen MR) is 50.8 cm³/mol. The van der Waals surface area contributed by atoms with Crippen molar-refractivity contribution in [1.29, 1.82) is 0 Å². The third-order valence-electron chi connectivity index (χ3n) is 1.95. The van der Waals surface area contributed by atoms with E-state index in [4.69, 9.17) is 0 Å². The minimum atomic E-state index is -4.34. The molecule has 0 atom stereocenters. The van der Waals surface area contributed by atoms with Crippen molar-refractivity contribution in [3.8, 4) is 0 Å². The molecule has 1 heterocycles. The number of fused-ring (bicyclic) bond motifs is 1. The van der Waals surface area contributed by atoms with Crippen LogP contribution in [-0.2, 0) is 11.0 Å². The highest BCUT2D eigenvalue weighted by Crippen LogP contribution is 2.37. The van der Waals surface area contributed by atoms with Crippen LogP contribution in [0.4, 0.5) is 18.9 Å². The molecule has 0 radical (unpaired) electrons. The number of hydrogen-bond donors (Lipinski definition) is 1. The Morgan fingerprint density at radius 1 is 1.33 bits per heavy atom. The van der Waals surface area contributed by atoms with Crippen LogP contribution in [0.2, 0.25) is 0 Å². The van der Waals surface area contributed by atoms with E-state index in [1.807, 2.05) is 0 Å². The normalized spacial score (nSPS) is 15.8. The minimum Gasteiger partial charge on any atom is -0.376 e. The number of carbonyl (C=O) groups is 1. The molecule has 1 aromatic rings. The fourth-order valence-electron chi connectivity index (χ4n) is 1.26. The molecular formula is C9H6F3NOS. The van der Waals surface area contributed by atoms with Crippen molar-refractivity contribution >= 4 is 22.6 Å². The Balaban J connectivity index is 2.39. The smallest absolute Gasteiger partial charge is 0.376 e. The van der Waals surface area contributed by atoms with Gasteiger partial charge in [0.25, 0.3) is 0 Å². The van der Waals surface area contributed by atoms with Gasteiger partial charge in [-0.3, -0.25) is 4.79 Å². The number of nitrogens with one attached hydrogen (secondary N) is 1. The Hall–Kier alpha value is -1.17. The fourth-order valence-corrected chi connectivity index (χ4v) is 2.03. The molecule has 80 valence electrons. The summed E-state index contributed by atoms with van der Waals surface area (Å²) in [4.78, 5) is 11.5. The third kappa shape index (κ3) is 2.09. The van der Waals surface area contributed by atoms with Crippen molar-refractivity contribution in [1.82, 2.24) is 0 Å². The molecule has 0 saturated heterocycles. The topological polar surface area (TPSA) is 29.1 Å². The second-order valence-electron chi connectivity index (χ2n) is 3.04. The first-order chi connectivity index (χ1) is 6.97. The number of alkyl halides is 3. The van der Waals surface area contributed by atoms with Crippen molar-refractivity contribution in [2.24, 2.45) is 0 Å². The van der Waals surface area contributed by atoms with Gasteiger partial charge in [0, 0.05) is 10.6 Å². The average molecular weight is 233 g/mol. The quantitative estimate of drug-likeness (QED) is 0.747. The van der Waals surface area contributed by atoms with Crippen LogP contribution in [0.15, 0.2) is 23.1 Å². The van der Waals surface area contributed by atoms with Gasteiger partial charge in [-0.2, -0.15) is 13.2 Å². The van der Waals surface area contributed by atoms with E-state index in [1.165, 1.54) is 6.07 Å². The van der Waals surface area contributed by atoms with Crippen LogP contribution in [0.3, 0.4) is 0 Å². The SMILES string of the molecule is O=C1CNc2cc(C(F)(F)F)ccc2S1. The second kappa shape index (κ2) is 3.44. The zero-order valence-electron chi connectivity index (χ0n) is 7.39. The molecule has 1 N–H and O–H groups in total. The van der Waals surface area contributed by atoms with Crippen LogP contribution in [0.1, 0.15) is 5.56 Å². The van der Waals surface area contributed by atoms with E-state index < -0.39 is 11.7 Å². The van der Waals surface area contributed by atoms with Crippen molar-refractivity contribution in [3.05, 3.63) is 23.8 Å². The van der Waals surface area contributed by atoms with Gasteiger partial charge in [0.05, 0.1) is 12.1 Å². The summed E-state index contributed by atoms with van der Waals surface area (Å²) in [5.74, 6) is 0. The number of halogens is 3. The summed E-state index contributed by atoms with van der Waals surface area (Å²) >= 11 is 0.962. The first-order valence-corrected chi connectivity index (χ1v) is 4.94. The molecule has 0 unspecified atom stereocenters.